The number of aliphatic hydroxyl groups is 1. The lowest BCUT2D eigenvalue weighted by Crippen LogP contribution is -2.58. The highest BCUT2D eigenvalue weighted by Crippen LogP contribution is 2.16. The number of phenolic OH excluding ortho intramolecular Hbond substituents is 1. The summed E-state index contributed by atoms with van der Waals surface area (Å²) in [5.41, 5.74) is 2.06. The Morgan fingerprint density at radius 3 is 1.73 bits per heavy atom. The number of aliphatic carboxylic acids is 1. The van der Waals surface area contributed by atoms with Crippen molar-refractivity contribution in [1.82, 2.24) is 26.6 Å². The molecule has 0 bridgehead atoms. The number of carboxylic acids is 1. The molecule has 60 heavy (non-hydrogen) atoms. The van der Waals surface area contributed by atoms with Crippen LogP contribution in [0, 0.1) is 17.8 Å². The number of aromatic hydroxyl groups is 1. The van der Waals surface area contributed by atoms with Crippen LogP contribution in [-0.2, 0) is 48.2 Å². The van der Waals surface area contributed by atoms with E-state index in [-0.39, 0.29) is 37.5 Å². The molecule has 0 aromatic heterocycles. The van der Waals surface area contributed by atoms with Crippen LogP contribution < -0.4 is 26.6 Å². The van der Waals surface area contributed by atoms with Crippen LogP contribution >= 0.6 is 0 Å². The van der Waals surface area contributed by atoms with Crippen molar-refractivity contribution in [2.45, 2.75) is 117 Å². The molecule has 3 rings (SSSR count). The summed E-state index contributed by atoms with van der Waals surface area (Å²) in [7, 11) is 0. The number of benzene rings is 3. The smallest absolute Gasteiger partial charge is 0.408 e. The fraction of sp³-hybridized carbons (Fsp3) is 0.467. The average molecular weight is 832 g/mol. The minimum Gasteiger partial charge on any atom is -0.508 e. The molecule has 15 nitrogen and oxygen atoms in total. The molecular formula is C45H61N5O10. The summed E-state index contributed by atoms with van der Waals surface area (Å²) >= 11 is 0. The number of hydrogen-bond acceptors (Lipinski definition) is 9. The van der Waals surface area contributed by atoms with Gasteiger partial charge in [0, 0.05) is 12.8 Å². The molecule has 7 atom stereocenters. The lowest BCUT2D eigenvalue weighted by molar-refractivity contribution is -0.142. The van der Waals surface area contributed by atoms with Gasteiger partial charge in [-0.15, -0.1) is 0 Å². The van der Waals surface area contributed by atoms with E-state index in [0.29, 0.717) is 17.5 Å². The minimum absolute atomic E-state index is 0.00242. The van der Waals surface area contributed by atoms with E-state index >= 15 is 0 Å². The van der Waals surface area contributed by atoms with Crippen molar-refractivity contribution in [3.63, 3.8) is 0 Å². The first-order valence-electron chi connectivity index (χ1n) is 20.4. The number of aliphatic hydroxyl groups excluding tert-OH is 1. The van der Waals surface area contributed by atoms with Crippen molar-refractivity contribution in [3.05, 3.63) is 102 Å². The molecule has 0 spiro atoms. The molecule has 5 amide bonds. The molecule has 0 aliphatic carbocycles. The summed E-state index contributed by atoms with van der Waals surface area (Å²) < 4.78 is 5.36. The maximum Gasteiger partial charge on any atom is 0.408 e. The highest BCUT2D eigenvalue weighted by Gasteiger charge is 2.34. The first-order valence-corrected chi connectivity index (χ1v) is 20.4. The Balaban J connectivity index is 1.72. The number of carbonyl (C=O) groups excluding carboxylic acids is 5. The van der Waals surface area contributed by atoms with Gasteiger partial charge in [-0.1, -0.05) is 121 Å². The maximum atomic E-state index is 13.9. The highest BCUT2D eigenvalue weighted by atomic mass is 16.5. The van der Waals surface area contributed by atoms with Crippen LogP contribution in [-0.4, -0.2) is 87.3 Å². The maximum absolute atomic E-state index is 13.9. The van der Waals surface area contributed by atoms with Crippen LogP contribution in [0.3, 0.4) is 0 Å². The molecule has 0 saturated heterocycles. The number of alkyl carbamates (subject to hydrolysis) is 1. The van der Waals surface area contributed by atoms with Gasteiger partial charge in [0.1, 0.15) is 36.5 Å². The highest BCUT2D eigenvalue weighted by molar-refractivity contribution is 5.92. The van der Waals surface area contributed by atoms with Crippen molar-refractivity contribution in [2.75, 3.05) is 0 Å². The van der Waals surface area contributed by atoms with Crippen molar-refractivity contribution >= 4 is 35.7 Å². The first kappa shape index (κ1) is 48.4. The van der Waals surface area contributed by atoms with Gasteiger partial charge in [-0.05, 0) is 53.0 Å². The molecule has 15 heteroatoms. The van der Waals surface area contributed by atoms with Crippen LogP contribution in [0.4, 0.5) is 4.79 Å². The lowest BCUT2D eigenvalue weighted by Gasteiger charge is -2.31. The third-order valence-electron chi connectivity index (χ3n) is 10.1. The number of amides is 5. The van der Waals surface area contributed by atoms with Crippen LogP contribution in [0.15, 0.2) is 84.9 Å². The standard InChI is InChI=1S/C45H61N5O10/c1-7-29(6)40(43(56)47-36(44(57)58)24-30-14-10-8-11-15-30)49-38(53)25-37(52)34(22-27(2)3)46-42(55)39(28(4)5)50-41(54)35(23-31-18-20-33(51)21-19-31)48-45(59)60-26-32-16-12-9-13-17-32/h8-21,27-29,34-37,39-40,51-52H,7,22-26H2,1-6H3,(H,46,55)(H,47,56)(H,48,59)(H,49,53)(H,50,54)(H,57,58)/t29-,34-,35-,36-,37-,39-,40-/m0/s1. The molecule has 0 aliphatic heterocycles. The first-order chi connectivity index (χ1) is 28.5. The Bertz CT molecular complexity index is 1840. The molecule has 0 saturated carbocycles. The molecule has 326 valence electrons. The van der Waals surface area contributed by atoms with Crippen molar-refractivity contribution in [2.24, 2.45) is 17.8 Å². The Morgan fingerprint density at radius 1 is 0.633 bits per heavy atom. The average Bonchev–Trinajstić information content (AvgIpc) is 3.21. The summed E-state index contributed by atoms with van der Waals surface area (Å²) in [6, 6.07) is 18.3. The summed E-state index contributed by atoms with van der Waals surface area (Å²) in [5, 5.41) is 44.4. The fourth-order valence-corrected chi connectivity index (χ4v) is 6.44. The number of ether oxygens (including phenoxy) is 1. The minimum atomic E-state index is -1.41. The number of nitrogens with one attached hydrogen (secondary N) is 5. The van der Waals surface area contributed by atoms with E-state index in [4.69, 9.17) is 4.74 Å². The topological polar surface area (TPSA) is 232 Å². The number of phenols is 1. The van der Waals surface area contributed by atoms with Crippen molar-refractivity contribution < 1.29 is 48.8 Å². The summed E-state index contributed by atoms with van der Waals surface area (Å²) in [4.78, 5) is 79.6. The second-order valence-corrected chi connectivity index (χ2v) is 15.9. The van der Waals surface area contributed by atoms with Crippen LogP contribution in [0.5, 0.6) is 5.75 Å². The van der Waals surface area contributed by atoms with E-state index in [1.54, 1.807) is 87.5 Å². The Morgan fingerprint density at radius 2 is 1.18 bits per heavy atom. The van der Waals surface area contributed by atoms with Crippen molar-refractivity contribution in [3.8, 4) is 5.75 Å². The van der Waals surface area contributed by atoms with E-state index in [1.807, 2.05) is 26.8 Å². The number of hydrogen-bond donors (Lipinski definition) is 8. The van der Waals surface area contributed by atoms with Gasteiger partial charge in [-0.3, -0.25) is 19.2 Å². The zero-order chi connectivity index (χ0) is 44.4. The summed E-state index contributed by atoms with van der Waals surface area (Å²) in [6.07, 6.45) is -1.99. The zero-order valence-corrected chi connectivity index (χ0v) is 35.2. The molecule has 3 aromatic carbocycles. The fourth-order valence-electron chi connectivity index (χ4n) is 6.44. The SMILES string of the molecule is CC[C@H](C)[C@H](NC(=O)C[C@H](O)[C@H](CC(C)C)NC(=O)[C@@H](NC(=O)[C@H](Cc1ccc(O)cc1)NC(=O)OCc1ccccc1)C(C)C)C(=O)N[C@@H](Cc1ccccc1)C(=O)O. The van der Waals surface area contributed by atoms with Gasteiger partial charge < -0.3 is 46.6 Å². The molecule has 0 unspecified atom stereocenters. The number of rotatable bonds is 23. The molecule has 0 radical (unpaired) electrons. The largest absolute Gasteiger partial charge is 0.508 e. The molecular weight excluding hydrogens is 771 g/mol. The summed E-state index contributed by atoms with van der Waals surface area (Å²) in [6.45, 7) is 10.7. The summed E-state index contributed by atoms with van der Waals surface area (Å²) in [5.74, 6) is -4.78. The normalized spacial score (nSPS) is 14.7. The Hall–Kier alpha value is -5.96. The van der Waals surface area contributed by atoms with Gasteiger partial charge in [-0.2, -0.15) is 0 Å². The molecule has 0 aliphatic rings. The molecule has 3 aromatic rings. The van der Waals surface area contributed by atoms with E-state index in [9.17, 15) is 44.1 Å². The van der Waals surface area contributed by atoms with E-state index < -0.39 is 90.3 Å². The van der Waals surface area contributed by atoms with Crippen LogP contribution in [0.1, 0.15) is 77.5 Å². The Labute approximate surface area is 352 Å². The molecule has 8 N–H and O–H groups in total. The van der Waals surface area contributed by atoms with E-state index in [2.05, 4.69) is 26.6 Å². The third-order valence-corrected chi connectivity index (χ3v) is 10.1. The van der Waals surface area contributed by atoms with Gasteiger partial charge in [-0.25, -0.2) is 9.59 Å². The molecule has 0 fully saturated rings. The zero-order valence-electron chi connectivity index (χ0n) is 35.2. The number of carbonyl (C=O) groups is 6. The van der Waals surface area contributed by atoms with Crippen LogP contribution in [0.25, 0.3) is 0 Å². The monoisotopic (exact) mass is 831 g/mol. The van der Waals surface area contributed by atoms with E-state index in [0.717, 1.165) is 5.56 Å². The molecule has 0 heterocycles. The van der Waals surface area contributed by atoms with Crippen molar-refractivity contribution in [1.29, 1.82) is 0 Å². The third kappa shape index (κ3) is 16.4. The number of carboxylic acid groups (broad SMARTS) is 1. The van der Waals surface area contributed by atoms with Gasteiger partial charge >= 0.3 is 12.1 Å². The van der Waals surface area contributed by atoms with E-state index in [1.165, 1.54) is 12.1 Å². The van der Waals surface area contributed by atoms with Gasteiger partial charge in [0.15, 0.2) is 0 Å². The van der Waals surface area contributed by atoms with Gasteiger partial charge in [0.2, 0.25) is 23.6 Å². The second-order valence-electron chi connectivity index (χ2n) is 15.9. The quantitative estimate of drug-likeness (QED) is 0.0685. The van der Waals surface area contributed by atoms with Gasteiger partial charge in [0.05, 0.1) is 18.6 Å². The second kappa shape index (κ2) is 24.2. The predicted molar refractivity (Wildman–Crippen MR) is 225 cm³/mol. The van der Waals surface area contributed by atoms with Crippen LogP contribution in [0.2, 0.25) is 0 Å². The van der Waals surface area contributed by atoms with Gasteiger partial charge in [0.25, 0.3) is 0 Å². The lowest BCUT2D eigenvalue weighted by atomic mass is 9.94. The predicted octanol–water partition coefficient (Wildman–Crippen LogP) is 4.00. The Kier molecular flexibility index (Phi) is 19.5.